The minimum Gasteiger partial charge on any atom is -0.492 e. The van der Waals surface area contributed by atoms with Crippen LogP contribution < -0.4 is 20.1 Å². The smallest absolute Gasteiger partial charge is 0.258 e. The van der Waals surface area contributed by atoms with Gasteiger partial charge in [0, 0.05) is 0 Å². The van der Waals surface area contributed by atoms with Gasteiger partial charge in [0.2, 0.25) is 0 Å². The van der Waals surface area contributed by atoms with Crippen molar-refractivity contribution in [3.8, 4) is 5.75 Å². The summed E-state index contributed by atoms with van der Waals surface area (Å²) in [6.45, 7) is 7.32. The number of hydrogen-bond acceptors (Lipinski definition) is 4. The molecule has 0 aliphatic carbocycles. The first-order chi connectivity index (χ1) is 13.2. The van der Waals surface area contributed by atoms with Crippen LogP contribution in [0.1, 0.15) is 12.7 Å². The van der Waals surface area contributed by atoms with Gasteiger partial charge in [0.25, 0.3) is 5.56 Å². The second-order valence-electron chi connectivity index (χ2n) is 6.84. The molecule has 2 heterocycles. The molecule has 0 spiro atoms. The quantitative estimate of drug-likeness (QED) is 0.714. The Morgan fingerprint density at radius 2 is 1.85 bits per heavy atom. The summed E-state index contributed by atoms with van der Waals surface area (Å²) in [7, 11) is 0. The molecule has 140 valence electrons. The van der Waals surface area contributed by atoms with Gasteiger partial charge in [0.05, 0.1) is 49.4 Å². The maximum atomic E-state index is 12.3. The lowest BCUT2D eigenvalue weighted by Crippen LogP contribution is -3.13. The highest BCUT2D eigenvalue weighted by Crippen LogP contribution is 2.27. The van der Waals surface area contributed by atoms with Crippen molar-refractivity contribution in [2.24, 2.45) is 0 Å². The monoisotopic (exact) mass is 365 g/mol. The average Bonchev–Trinajstić information content (AvgIpc) is 2.69. The van der Waals surface area contributed by atoms with Gasteiger partial charge >= 0.3 is 0 Å². The number of piperazine rings is 1. The van der Waals surface area contributed by atoms with Crippen molar-refractivity contribution in [3.05, 3.63) is 64.7 Å². The van der Waals surface area contributed by atoms with Gasteiger partial charge in [-0.3, -0.25) is 4.79 Å². The SMILES string of the molecule is CCOc1ccccc1N1CC[NH+](Cc2nc3ccccc3c(=O)[nH]2)CC1. The van der Waals surface area contributed by atoms with Gasteiger partial charge in [-0.25, -0.2) is 4.98 Å². The standard InChI is InChI=1S/C21H24N4O2/c1-2-27-19-10-6-5-9-18(19)25-13-11-24(12-14-25)15-20-22-17-8-4-3-7-16(17)21(26)23-20/h3-10H,2,11-15H2,1H3,(H,22,23,26)/p+1. The number of fused-ring (bicyclic) bond motifs is 1. The molecule has 0 bridgehead atoms. The Kier molecular flexibility index (Phi) is 5.07. The molecule has 0 atom stereocenters. The van der Waals surface area contributed by atoms with Gasteiger partial charge in [-0.1, -0.05) is 24.3 Å². The second kappa shape index (κ2) is 7.80. The maximum Gasteiger partial charge on any atom is 0.258 e. The van der Waals surface area contributed by atoms with Crippen LogP contribution >= 0.6 is 0 Å². The third-order valence-corrected chi connectivity index (χ3v) is 5.06. The van der Waals surface area contributed by atoms with Crippen LogP contribution in [0.4, 0.5) is 5.69 Å². The van der Waals surface area contributed by atoms with E-state index in [1.54, 1.807) is 0 Å². The number of para-hydroxylation sites is 3. The molecular formula is C21H25N4O2+. The van der Waals surface area contributed by atoms with Crippen molar-refractivity contribution < 1.29 is 9.64 Å². The maximum absolute atomic E-state index is 12.3. The summed E-state index contributed by atoms with van der Waals surface area (Å²) in [5, 5.41) is 0.647. The fourth-order valence-corrected chi connectivity index (χ4v) is 3.69. The molecule has 6 nitrogen and oxygen atoms in total. The minimum atomic E-state index is -0.0562. The minimum absolute atomic E-state index is 0.0562. The van der Waals surface area contributed by atoms with Gasteiger partial charge in [0.1, 0.15) is 12.3 Å². The zero-order valence-electron chi connectivity index (χ0n) is 15.6. The van der Waals surface area contributed by atoms with Crippen molar-refractivity contribution in [3.63, 3.8) is 0 Å². The molecule has 1 aromatic heterocycles. The van der Waals surface area contributed by atoms with E-state index in [4.69, 9.17) is 4.74 Å². The second-order valence-corrected chi connectivity index (χ2v) is 6.84. The third-order valence-electron chi connectivity index (χ3n) is 5.06. The molecule has 1 saturated heterocycles. The highest BCUT2D eigenvalue weighted by molar-refractivity contribution is 5.77. The van der Waals surface area contributed by atoms with E-state index >= 15 is 0 Å². The van der Waals surface area contributed by atoms with Crippen LogP contribution in [-0.4, -0.2) is 42.8 Å². The summed E-state index contributed by atoms with van der Waals surface area (Å²) in [6, 6.07) is 15.7. The Bertz CT molecular complexity index is 977. The van der Waals surface area contributed by atoms with Crippen LogP contribution in [0.3, 0.4) is 0 Å². The van der Waals surface area contributed by atoms with Crippen molar-refractivity contribution in [1.29, 1.82) is 0 Å². The van der Waals surface area contributed by atoms with Gasteiger partial charge in [-0.15, -0.1) is 0 Å². The molecule has 0 radical (unpaired) electrons. The van der Waals surface area contributed by atoms with E-state index in [1.807, 2.05) is 43.3 Å². The van der Waals surface area contributed by atoms with E-state index in [0.717, 1.165) is 55.5 Å². The number of nitrogens with zero attached hydrogens (tertiary/aromatic N) is 2. The summed E-state index contributed by atoms with van der Waals surface area (Å²) in [5.41, 5.74) is 1.87. The Morgan fingerprint density at radius 1 is 1.11 bits per heavy atom. The highest BCUT2D eigenvalue weighted by atomic mass is 16.5. The molecule has 0 unspecified atom stereocenters. The van der Waals surface area contributed by atoms with Crippen LogP contribution in [0.2, 0.25) is 0 Å². The van der Waals surface area contributed by atoms with Crippen molar-refractivity contribution in [2.75, 3.05) is 37.7 Å². The Labute approximate surface area is 158 Å². The predicted octanol–water partition coefficient (Wildman–Crippen LogP) is 1.23. The van der Waals surface area contributed by atoms with Crippen LogP contribution in [0, 0.1) is 0 Å². The molecule has 6 heteroatoms. The molecule has 4 rings (SSSR count). The molecule has 2 aromatic carbocycles. The largest absolute Gasteiger partial charge is 0.492 e. The van der Waals surface area contributed by atoms with Crippen molar-refractivity contribution in [1.82, 2.24) is 9.97 Å². The first-order valence-electron chi connectivity index (χ1n) is 9.53. The normalized spacial score (nSPS) is 15.2. The molecule has 3 aromatic rings. The van der Waals surface area contributed by atoms with E-state index in [2.05, 4.69) is 27.0 Å². The van der Waals surface area contributed by atoms with E-state index < -0.39 is 0 Å². The third kappa shape index (κ3) is 3.80. The fraction of sp³-hybridized carbons (Fsp3) is 0.333. The van der Waals surface area contributed by atoms with E-state index in [0.29, 0.717) is 12.0 Å². The first kappa shape index (κ1) is 17.5. The molecule has 27 heavy (non-hydrogen) atoms. The lowest BCUT2D eigenvalue weighted by Gasteiger charge is -2.34. The van der Waals surface area contributed by atoms with E-state index in [9.17, 15) is 4.79 Å². The first-order valence-corrected chi connectivity index (χ1v) is 9.53. The number of anilines is 1. The van der Waals surface area contributed by atoms with Crippen molar-refractivity contribution in [2.45, 2.75) is 13.5 Å². The number of H-pyrrole nitrogens is 1. The lowest BCUT2D eigenvalue weighted by molar-refractivity contribution is -0.915. The predicted molar refractivity (Wildman–Crippen MR) is 107 cm³/mol. The van der Waals surface area contributed by atoms with Crippen LogP contribution in [0.5, 0.6) is 5.75 Å². The number of nitrogens with one attached hydrogen (secondary N) is 2. The zero-order chi connectivity index (χ0) is 18.6. The van der Waals surface area contributed by atoms with Crippen LogP contribution in [0.15, 0.2) is 53.3 Å². The Balaban J connectivity index is 1.44. The van der Waals surface area contributed by atoms with Gasteiger partial charge in [0.15, 0.2) is 5.82 Å². The number of benzene rings is 2. The highest BCUT2D eigenvalue weighted by Gasteiger charge is 2.23. The number of rotatable bonds is 5. The molecular weight excluding hydrogens is 340 g/mol. The topological polar surface area (TPSA) is 62.7 Å². The number of hydrogen-bond donors (Lipinski definition) is 2. The number of quaternary nitrogens is 1. The Hall–Kier alpha value is -2.86. The number of ether oxygens (including phenoxy) is 1. The molecule has 1 aliphatic heterocycles. The molecule has 0 amide bonds. The summed E-state index contributed by atoms with van der Waals surface area (Å²) in [4.78, 5) is 23.6. The van der Waals surface area contributed by atoms with Gasteiger partial charge in [-0.2, -0.15) is 0 Å². The summed E-state index contributed by atoms with van der Waals surface area (Å²) in [5.74, 6) is 1.71. The summed E-state index contributed by atoms with van der Waals surface area (Å²) >= 11 is 0. The molecule has 1 fully saturated rings. The fourth-order valence-electron chi connectivity index (χ4n) is 3.69. The van der Waals surface area contributed by atoms with E-state index in [-0.39, 0.29) is 5.56 Å². The average molecular weight is 365 g/mol. The Morgan fingerprint density at radius 3 is 2.67 bits per heavy atom. The molecule has 1 aliphatic rings. The summed E-state index contributed by atoms with van der Waals surface area (Å²) < 4.78 is 5.77. The zero-order valence-corrected chi connectivity index (χ0v) is 15.6. The molecule has 2 N–H and O–H groups in total. The van der Waals surface area contributed by atoms with Gasteiger partial charge < -0.3 is 19.5 Å². The van der Waals surface area contributed by atoms with Crippen molar-refractivity contribution >= 4 is 16.6 Å². The molecule has 0 saturated carbocycles. The number of aromatic nitrogens is 2. The summed E-state index contributed by atoms with van der Waals surface area (Å²) in [6.07, 6.45) is 0. The van der Waals surface area contributed by atoms with E-state index in [1.165, 1.54) is 4.90 Å². The van der Waals surface area contributed by atoms with Crippen LogP contribution in [-0.2, 0) is 6.54 Å². The number of aromatic amines is 1. The van der Waals surface area contributed by atoms with Gasteiger partial charge in [-0.05, 0) is 31.2 Å². The van der Waals surface area contributed by atoms with Crippen LogP contribution in [0.25, 0.3) is 10.9 Å². The lowest BCUT2D eigenvalue weighted by atomic mass is 10.2.